The van der Waals surface area contributed by atoms with E-state index in [2.05, 4.69) is 45.4 Å². The van der Waals surface area contributed by atoms with Crippen molar-refractivity contribution < 1.29 is 9.53 Å². The molecule has 0 bridgehead atoms. The van der Waals surface area contributed by atoms with Crippen LogP contribution in [0, 0.1) is 0 Å². The third-order valence-electron chi connectivity index (χ3n) is 4.19. The van der Waals surface area contributed by atoms with Gasteiger partial charge in [0.1, 0.15) is 12.4 Å². The summed E-state index contributed by atoms with van der Waals surface area (Å²) in [5.74, 6) is 1.71. The molecule has 3 rings (SSSR count). The van der Waals surface area contributed by atoms with Crippen LogP contribution < -0.4 is 20.7 Å². The van der Waals surface area contributed by atoms with Gasteiger partial charge in [-0.2, -0.15) is 0 Å². The Hall–Kier alpha value is -1.81. The van der Waals surface area contributed by atoms with Crippen LogP contribution in [0.3, 0.4) is 0 Å². The van der Waals surface area contributed by atoms with E-state index in [4.69, 9.17) is 4.74 Å². The molecule has 6 nitrogen and oxygen atoms in total. The summed E-state index contributed by atoms with van der Waals surface area (Å²) in [7, 11) is 0. The summed E-state index contributed by atoms with van der Waals surface area (Å²) >= 11 is 1.76. The first kappa shape index (κ1) is 22.5. The molecule has 152 valence electrons. The van der Waals surface area contributed by atoms with E-state index in [-0.39, 0.29) is 29.9 Å². The standard InChI is InChI=1S/C20H26N4O2S.HI/c1-2-21-20(22-10-9-17-4-3-13-27-17)23-11-12-26-16-6-7-18-15(14-16)5-8-19(25)24-18;/h3-4,6-7,13-14H,2,5,8-12H2,1H3,(H,24,25)(H2,21,22,23);1H. The Morgan fingerprint density at radius 1 is 1.29 bits per heavy atom. The first-order chi connectivity index (χ1) is 13.2. The van der Waals surface area contributed by atoms with Crippen molar-refractivity contribution in [1.29, 1.82) is 0 Å². The number of nitrogens with one attached hydrogen (secondary N) is 3. The van der Waals surface area contributed by atoms with Crippen LogP contribution in [-0.4, -0.2) is 38.1 Å². The van der Waals surface area contributed by atoms with E-state index in [0.717, 1.165) is 48.9 Å². The van der Waals surface area contributed by atoms with Crippen LogP contribution >= 0.6 is 35.3 Å². The molecule has 0 spiro atoms. The summed E-state index contributed by atoms with van der Waals surface area (Å²) in [4.78, 5) is 17.4. The minimum absolute atomic E-state index is 0. The van der Waals surface area contributed by atoms with Gasteiger partial charge in [-0.25, -0.2) is 0 Å². The quantitative estimate of drug-likeness (QED) is 0.219. The lowest BCUT2D eigenvalue weighted by molar-refractivity contribution is -0.116. The van der Waals surface area contributed by atoms with E-state index < -0.39 is 0 Å². The maximum Gasteiger partial charge on any atom is 0.224 e. The topological polar surface area (TPSA) is 74.8 Å². The Balaban J connectivity index is 0.00000280. The molecule has 0 aliphatic carbocycles. The zero-order chi connectivity index (χ0) is 18.9. The highest BCUT2D eigenvalue weighted by atomic mass is 127. The molecule has 0 radical (unpaired) electrons. The molecule has 2 heterocycles. The van der Waals surface area contributed by atoms with Crippen molar-refractivity contribution in [2.45, 2.75) is 26.2 Å². The van der Waals surface area contributed by atoms with Gasteiger partial charge in [0.2, 0.25) is 5.91 Å². The third kappa shape index (κ3) is 6.97. The van der Waals surface area contributed by atoms with E-state index in [1.807, 2.05) is 18.2 Å². The molecule has 0 saturated carbocycles. The van der Waals surface area contributed by atoms with Crippen LogP contribution in [0.5, 0.6) is 5.75 Å². The number of carbonyl (C=O) groups excluding carboxylic acids is 1. The maximum atomic E-state index is 11.4. The number of ether oxygens (including phenoxy) is 1. The first-order valence-electron chi connectivity index (χ1n) is 9.34. The van der Waals surface area contributed by atoms with Crippen LogP contribution in [0.15, 0.2) is 40.7 Å². The number of anilines is 1. The molecule has 1 aromatic heterocycles. The fourth-order valence-electron chi connectivity index (χ4n) is 2.86. The Labute approximate surface area is 187 Å². The number of fused-ring (bicyclic) bond motifs is 1. The second-order valence-corrected chi connectivity index (χ2v) is 7.26. The van der Waals surface area contributed by atoms with E-state index in [1.165, 1.54) is 4.88 Å². The molecular weight excluding hydrogens is 487 g/mol. The lowest BCUT2D eigenvalue weighted by atomic mass is 10.0. The monoisotopic (exact) mass is 514 g/mol. The highest BCUT2D eigenvalue weighted by Gasteiger charge is 2.14. The van der Waals surface area contributed by atoms with Gasteiger partial charge in [0.05, 0.1) is 6.54 Å². The zero-order valence-corrected chi connectivity index (χ0v) is 19.1. The molecule has 1 amide bonds. The average Bonchev–Trinajstić information content (AvgIpc) is 3.18. The van der Waals surface area contributed by atoms with Gasteiger partial charge in [-0.15, -0.1) is 35.3 Å². The first-order valence-corrected chi connectivity index (χ1v) is 10.2. The van der Waals surface area contributed by atoms with Gasteiger partial charge in [0.25, 0.3) is 0 Å². The molecule has 28 heavy (non-hydrogen) atoms. The van der Waals surface area contributed by atoms with Gasteiger partial charge in [-0.3, -0.25) is 9.79 Å². The van der Waals surface area contributed by atoms with Crippen molar-refractivity contribution in [2.24, 2.45) is 4.99 Å². The second-order valence-electron chi connectivity index (χ2n) is 6.23. The number of thiophene rings is 1. The van der Waals surface area contributed by atoms with Crippen LogP contribution in [0.1, 0.15) is 23.8 Å². The molecule has 8 heteroatoms. The van der Waals surface area contributed by atoms with E-state index in [1.54, 1.807) is 11.3 Å². The number of benzene rings is 1. The Kier molecular flexibility index (Phi) is 9.56. The van der Waals surface area contributed by atoms with Gasteiger partial charge in [0, 0.05) is 36.5 Å². The number of halogens is 1. The molecule has 0 unspecified atom stereocenters. The fraction of sp³-hybridized carbons (Fsp3) is 0.400. The number of guanidine groups is 1. The maximum absolute atomic E-state index is 11.4. The van der Waals surface area contributed by atoms with Gasteiger partial charge < -0.3 is 20.7 Å². The van der Waals surface area contributed by atoms with Gasteiger partial charge >= 0.3 is 0 Å². The number of rotatable bonds is 8. The van der Waals surface area contributed by atoms with E-state index >= 15 is 0 Å². The normalized spacial score (nSPS) is 13.2. The average molecular weight is 514 g/mol. The summed E-state index contributed by atoms with van der Waals surface area (Å²) in [6.45, 7) is 4.84. The molecule has 0 saturated heterocycles. The minimum atomic E-state index is 0. The predicted octanol–water partition coefficient (Wildman–Crippen LogP) is 3.43. The van der Waals surface area contributed by atoms with Crippen molar-refractivity contribution >= 4 is 52.9 Å². The molecule has 2 aromatic rings. The van der Waals surface area contributed by atoms with Crippen molar-refractivity contribution in [2.75, 3.05) is 31.6 Å². The number of aryl methyl sites for hydroxylation is 1. The minimum Gasteiger partial charge on any atom is -0.492 e. The van der Waals surface area contributed by atoms with Crippen LogP contribution in [-0.2, 0) is 17.6 Å². The smallest absolute Gasteiger partial charge is 0.224 e. The largest absolute Gasteiger partial charge is 0.492 e. The van der Waals surface area contributed by atoms with E-state index in [0.29, 0.717) is 19.6 Å². The van der Waals surface area contributed by atoms with Crippen LogP contribution in [0.4, 0.5) is 5.69 Å². The predicted molar refractivity (Wildman–Crippen MR) is 126 cm³/mol. The lowest BCUT2D eigenvalue weighted by Gasteiger charge is -2.18. The summed E-state index contributed by atoms with van der Waals surface area (Å²) in [6.07, 6.45) is 2.25. The van der Waals surface area contributed by atoms with Crippen LogP contribution in [0.2, 0.25) is 0 Å². The number of amides is 1. The van der Waals surface area contributed by atoms with Gasteiger partial charge in [-0.05, 0) is 48.6 Å². The van der Waals surface area contributed by atoms with Gasteiger partial charge in [-0.1, -0.05) is 6.07 Å². The molecule has 1 aliphatic rings. The molecule has 3 N–H and O–H groups in total. The highest BCUT2D eigenvalue weighted by molar-refractivity contribution is 14.0. The lowest BCUT2D eigenvalue weighted by Crippen LogP contribution is -2.39. The van der Waals surface area contributed by atoms with E-state index in [9.17, 15) is 4.79 Å². The third-order valence-corrected chi connectivity index (χ3v) is 5.12. The van der Waals surface area contributed by atoms with Crippen molar-refractivity contribution in [1.82, 2.24) is 10.6 Å². The van der Waals surface area contributed by atoms with Crippen molar-refractivity contribution in [3.8, 4) is 5.75 Å². The van der Waals surface area contributed by atoms with Gasteiger partial charge in [0.15, 0.2) is 5.96 Å². The Bertz CT molecular complexity index is 781. The van der Waals surface area contributed by atoms with Crippen molar-refractivity contribution in [3.05, 3.63) is 46.2 Å². The SMILES string of the molecule is CCNC(=NCCc1cccs1)NCCOc1ccc2c(c1)CCC(=O)N2.I. The number of nitrogens with zero attached hydrogens (tertiary/aromatic N) is 1. The Morgan fingerprint density at radius 2 is 2.18 bits per heavy atom. The zero-order valence-electron chi connectivity index (χ0n) is 16.0. The number of hydrogen-bond acceptors (Lipinski definition) is 4. The summed E-state index contributed by atoms with van der Waals surface area (Å²) < 4.78 is 5.83. The van der Waals surface area contributed by atoms with Crippen molar-refractivity contribution in [3.63, 3.8) is 0 Å². The molecule has 1 aliphatic heterocycles. The highest BCUT2D eigenvalue weighted by Crippen LogP contribution is 2.26. The number of hydrogen-bond donors (Lipinski definition) is 3. The summed E-state index contributed by atoms with van der Waals surface area (Å²) in [6, 6.07) is 10.0. The number of aliphatic imine (C=N–C) groups is 1. The number of carbonyl (C=O) groups is 1. The summed E-state index contributed by atoms with van der Waals surface area (Å²) in [5.41, 5.74) is 2.02. The second kappa shape index (κ2) is 11.9. The summed E-state index contributed by atoms with van der Waals surface area (Å²) in [5, 5.41) is 11.5. The molecule has 0 atom stereocenters. The van der Waals surface area contributed by atoms with Crippen LogP contribution in [0.25, 0.3) is 0 Å². The Morgan fingerprint density at radius 3 is 2.96 bits per heavy atom. The molecular formula is C20H27IN4O2S. The fourth-order valence-corrected chi connectivity index (χ4v) is 3.56. The molecule has 1 aromatic carbocycles. The molecule has 0 fully saturated rings.